The number of nitrogens with two attached hydrogens (primary N) is 1. The zero-order chi connectivity index (χ0) is 13.5. The van der Waals surface area contributed by atoms with E-state index in [0.717, 1.165) is 25.9 Å². The number of nitrogens with one attached hydrogen (secondary N) is 1. The number of aromatic nitrogens is 2. The third-order valence-corrected chi connectivity index (χ3v) is 7.26. The molecule has 1 aromatic rings. The topological polar surface area (TPSA) is 91.2 Å². The van der Waals surface area contributed by atoms with Gasteiger partial charge in [-0.25, -0.2) is 0 Å². The van der Waals surface area contributed by atoms with Crippen molar-refractivity contribution in [3.8, 4) is 0 Å². The Bertz CT molecular complexity index is 530. The summed E-state index contributed by atoms with van der Waals surface area (Å²) in [5, 5.41) is 17.0. The van der Waals surface area contributed by atoms with Crippen molar-refractivity contribution in [2.45, 2.75) is 16.9 Å². The first kappa shape index (κ1) is 13.0. The molecule has 3 rings (SSSR count). The van der Waals surface area contributed by atoms with E-state index in [9.17, 15) is 5.21 Å². The average molecular weight is 299 g/mol. The number of piperidine rings is 1. The van der Waals surface area contributed by atoms with Crippen LogP contribution in [0.4, 0.5) is 11.6 Å². The average Bonchev–Trinajstić information content (AvgIpc) is 2.85. The van der Waals surface area contributed by atoms with Crippen molar-refractivity contribution >= 4 is 35.2 Å². The molecule has 2 fully saturated rings. The second-order valence-electron chi connectivity index (χ2n) is 4.77. The Balaban J connectivity index is 1.76. The monoisotopic (exact) mass is 299 g/mol. The highest BCUT2D eigenvalue weighted by Gasteiger charge is 2.38. The number of rotatable bonds is 1. The van der Waals surface area contributed by atoms with Gasteiger partial charge in [-0.2, -0.15) is 4.98 Å². The lowest BCUT2D eigenvalue weighted by Crippen LogP contribution is -2.41. The van der Waals surface area contributed by atoms with Crippen molar-refractivity contribution in [1.82, 2.24) is 9.71 Å². The molecule has 4 N–H and O–H groups in total. The van der Waals surface area contributed by atoms with Crippen molar-refractivity contribution in [3.05, 3.63) is 11.7 Å². The second kappa shape index (κ2) is 4.82. The number of hydrogen-bond acceptors (Lipinski definition) is 7. The van der Waals surface area contributed by atoms with Gasteiger partial charge in [-0.1, -0.05) is 0 Å². The van der Waals surface area contributed by atoms with Gasteiger partial charge in [0.05, 0.1) is 4.08 Å². The maximum atomic E-state index is 9.41. The van der Waals surface area contributed by atoms with Crippen molar-refractivity contribution in [2.75, 3.05) is 35.2 Å². The van der Waals surface area contributed by atoms with E-state index in [1.165, 1.54) is 11.5 Å². The fourth-order valence-electron chi connectivity index (χ4n) is 2.53. The highest BCUT2D eigenvalue weighted by atomic mass is 32.2. The fourth-order valence-corrected chi connectivity index (χ4v) is 5.71. The summed E-state index contributed by atoms with van der Waals surface area (Å²) in [6.45, 7) is 1.86. The SMILES string of the molecule is N=c1nc(N2CCC3(CC2)SCCS3)cc(N)n1O. The molecule has 6 nitrogen and oxygen atoms in total. The first-order valence-corrected chi connectivity index (χ1v) is 8.23. The van der Waals surface area contributed by atoms with E-state index in [1.54, 1.807) is 6.07 Å². The minimum atomic E-state index is -0.222. The van der Waals surface area contributed by atoms with Gasteiger partial charge >= 0.3 is 0 Å². The van der Waals surface area contributed by atoms with Crippen LogP contribution in [0, 0.1) is 5.41 Å². The lowest BCUT2D eigenvalue weighted by molar-refractivity contribution is 0.171. The first-order valence-electron chi connectivity index (χ1n) is 6.26. The Kier molecular flexibility index (Phi) is 3.30. The second-order valence-corrected chi connectivity index (χ2v) is 7.98. The van der Waals surface area contributed by atoms with Gasteiger partial charge in [0.1, 0.15) is 11.6 Å². The highest BCUT2D eigenvalue weighted by molar-refractivity contribution is 8.21. The third-order valence-electron chi connectivity index (χ3n) is 3.61. The predicted octanol–water partition coefficient (Wildman–Crippen LogP) is 0.959. The van der Waals surface area contributed by atoms with Gasteiger partial charge in [0.15, 0.2) is 0 Å². The van der Waals surface area contributed by atoms with E-state index < -0.39 is 0 Å². The Morgan fingerprint density at radius 2 is 1.95 bits per heavy atom. The molecule has 0 amide bonds. The van der Waals surface area contributed by atoms with E-state index in [-0.39, 0.29) is 11.4 Å². The van der Waals surface area contributed by atoms with Crippen LogP contribution in [0.5, 0.6) is 0 Å². The van der Waals surface area contributed by atoms with Crippen LogP contribution in [0.25, 0.3) is 0 Å². The molecule has 0 bridgehead atoms. The van der Waals surface area contributed by atoms with Crippen molar-refractivity contribution < 1.29 is 5.21 Å². The zero-order valence-electron chi connectivity index (χ0n) is 10.5. The molecule has 1 aromatic heterocycles. The number of hydrogen-bond donors (Lipinski definition) is 3. The molecule has 104 valence electrons. The summed E-state index contributed by atoms with van der Waals surface area (Å²) in [5.41, 5.74) is 5.44. The number of nitrogens with zero attached hydrogens (tertiary/aromatic N) is 3. The normalized spacial score (nSPS) is 22.0. The van der Waals surface area contributed by atoms with Crippen LogP contribution in [0.15, 0.2) is 6.07 Å². The molecule has 19 heavy (non-hydrogen) atoms. The van der Waals surface area contributed by atoms with Crippen LogP contribution in [0.1, 0.15) is 12.8 Å². The molecule has 2 aliphatic heterocycles. The van der Waals surface area contributed by atoms with E-state index in [4.69, 9.17) is 11.1 Å². The van der Waals surface area contributed by atoms with Crippen LogP contribution in [0.3, 0.4) is 0 Å². The van der Waals surface area contributed by atoms with Crippen molar-refractivity contribution in [2.24, 2.45) is 0 Å². The maximum absolute atomic E-state index is 9.41. The molecule has 2 saturated heterocycles. The molecule has 0 atom stereocenters. The molecule has 0 aromatic carbocycles. The summed E-state index contributed by atoms with van der Waals surface area (Å²) in [4.78, 5) is 6.24. The number of anilines is 2. The molecule has 0 saturated carbocycles. The summed E-state index contributed by atoms with van der Waals surface area (Å²) in [6.07, 6.45) is 2.26. The maximum Gasteiger partial charge on any atom is 0.259 e. The molecular formula is C11H17N5OS2. The van der Waals surface area contributed by atoms with Crippen LogP contribution in [0.2, 0.25) is 0 Å². The summed E-state index contributed by atoms with van der Waals surface area (Å²) in [7, 11) is 0. The van der Waals surface area contributed by atoms with E-state index in [2.05, 4.69) is 33.4 Å². The summed E-state index contributed by atoms with van der Waals surface area (Å²) >= 11 is 4.16. The van der Waals surface area contributed by atoms with Gasteiger partial charge in [-0.3, -0.25) is 5.41 Å². The quantitative estimate of drug-likeness (QED) is 0.669. The summed E-state index contributed by atoms with van der Waals surface area (Å²) < 4.78 is 0.995. The molecule has 3 heterocycles. The Hall–Kier alpha value is -1.02. The Labute approximate surface area is 119 Å². The molecule has 0 radical (unpaired) electrons. The first-order chi connectivity index (χ1) is 9.10. The molecule has 2 aliphatic rings. The van der Waals surface area contributed by atoms with Crippen LogP contribution >= 0.6 is 23.5 Å². The van der Waals surface area contributed by atoms with Gasteiger partial charge in [-0.15, -0.1) is 28.3 Å². The minimum Gasteiger partial charge on any atom is -0.423 e. The standard InChI is InChI=1S/C11H17N5OS2/c12-8-7-9(14-10(13)16(8)17)15-3-1-11(2-4-15)18-5-6-19-11/h7,13,17H,1-6,12H2. The molecule has 0 aliphatic carbocycles. The van der Waals surface area contributed by atoms with E-state index >= 15 is 0 Å². The highest BCUT2D eigenvalue weighted by Crippen LogP contribution is 2.50. The van der Waals surface area contributed by atoms with Gasteiger partial charge in [0.2, 0.25) is 0 Å². The van der Waals surface area contributed by atoms with Crippen LogP contribution in [-0.4, -0.2) is 43.6 Å². The summed E-state index contributed by atoms with van der Waals surface area (Å²) in [6, 6.07) is 1.63. The lowest BCUT2D eigenvalue weighted by atomic mass is 10.1. The number of nitrogen functional groups attached to an aromatic ring is 1. The van der Waals surface area contributed by atoms with E-state index in [1.807, 2.05) is 0 Å². The Morgan fingerprint density at radius 3 is 2.53 bits per heavy atom. The molecule has 1 spiro atoms. The van der Waals surface area contributed by atoms with Crippen molar-refractivity contribution in [3.63, 3.8) is 0 Å². The smallest absolute Gasteiger partial charge is 0.259 e. The molecule has 0 unspecified atom stereocenters. The minimum absolute atomic E-state index is 0.153. The zero-order valence-corrected chi connectivity index (χ0v) is 12.1. The largest absolute Gasteiger partial charge is 0.423 e. The van der Waals surface area contributed by atoms with Crippen LogP contribution < -0.4 is 16.3 Å². The Morgan fingerprint density at radius 1 is 1.32 bits per heavy atom. The fraction of sp³-hybridized carbons (Fsp3) is 0.636. The van der Waals surface area contributed by atoms with Gasteiger partial charge in [0.25, 0.3) is 5.62 Å². The van der Waals surface area contributed by atoms with Gasteiger partial charge in [-0.05, 0) is 12.8 Å². The predicted molar refractivity (Wildman–Crippen MR) is 78.8 cm³/mol. The summed E-state index contributed by atoms with van der Waals surface area (Å²) in [5.74, 6) is 3.35. The van der Waals surface area contributed by atoms with Gasteiger partial charge in [0, 0.05) is 30.7 Å². The van der Waals surface area contributed by atoms with Crippen molar-refractivity contribution in [1.29, 1.82) is 5.41 Å². The lowest BCUT2D eigenvalue weighted by Gasteiger charge is -2.38. The van der Waals surface area contributed by atoms with E-state index in [0.29, 0.717) is 14.6 Å². The van der Waals surface area contributed by atoms with Gasteiger partial charge < -0.3 is 15.8 Å². The number of thioether (sulfide) groups is 2. The third kappa shape index (κ3) is 2.38. The molecular weight excluding hydrogens is 282 g/mol. The van der Waals surface area contributed by atoms with Crippen LogP contribution in [-0.2, 0) is 0 Å². The molecule has 8 heteroatoms.